The first kappa shape index (κ1) is 10.9. The molecule has 13 heavy (non-hydrogen) atoms. The van der Waals surface area contributed by atoms with E-state index in [2.05, 4.69) is 28.1 Å². The molecule has 4 heteroatoms. The molecule has 0 saturated heterocycles. The van der Waals surface area contributed by atoms with Crippen LogP contribution in [-0.4, -0.2) is 23.5 Å². The van der Waals surface area contributed by atoms with Crippen molar-refractivity contribution < 1.29 is 8.85 Å². The van der Waals surface area contributed by atoms with Crippen molar-refractivity contribution in [3.05, 3.63) is 34.3 Å². The highest BCUT2D eigenvalue weighted by atomic mass is 79.9. The summed E-state index contributed by atoms with van der Waals surface area (Å²) in [6.45, 7) is 0. The Kier molecular flexibility index (Phi) is 4.65. The predicted octanol–water partition coefficient (Wildman–Crippen LogP) is 2.04. The molecule has 0 atom stereocenters. The SMILES string of the molecule is CO[SiH](Cc1cccc(Br)c1)OC. The fourth-order valence-electron chi connectivity index (χ4n) is 1.12. The van der Waals surface area contributed by atoms with Gasteiger partial charge in [0.05, 0.1) is 0 Å². The molecular formula is C9H13BrO2Si. The Labute approximate surface area is 88.8 Å². The molecule has 72 valence electrons. The smallest absolute Gasteiger partial charge is 0.325 e. The second kappa shape index (κ2) is 5.54. The lowest BCUT2D eigenvalue weighted by Gasteiger charge is -2.10. The second-order valence-corrected chi connectivity index (χ2v) is 5.86. The van der Waals surface area contributed by atoms with Crippen LogP contribution in [0.2, 0.25) is 0 Å². The standard InChI is InChI=1S/C9H13BrO2Si/c1-11-13(12-2)7-8-4-3-5-9(10)6-8/h3-6,13H,7H2,1-2H3. The van der Waals surface area contributed by atoms with Gasteiger partial charge in [-0.2, -0.15) is 0 Å². The Hall–Kier alpha value is -0.163. The largest absolute Gasteiger partial charge is 0.400 e. The average molecular weight is 261 g/mol. The van der Waals surface area contributed by atoms with Gasteiger partial charge in [0.2, 0.25) is 0 Å². The summed E-state index contributed by atoms with van der Waals surface area (Å²) < 4.78 is 11.6. The van der Waals surface area contributed by atoms with Crippen LogP contribution >= 0.6 is 15.9 Å². The average Bonchev–Trinajstić information content (AvgIpc) is 2.14. The summed E-state index contributed by atoms with van der Waals surface area (Å²) in [4.78, 5) is 0. The summed E-state index contributed by atoms with van der Waals surface area (Å²) in [6, 6.07) is 9.13. The van der Waals surface area contributed by atoms with Crippen LogP contribution in [0.4, 0.5) is 0 Å². The zero-order valence-corrected chi connectivity index (χ0v) is 10.5. The lowest BCUT2D eigenvalue weighted by atomic mass is 10.2. The van der Waals surface area contributed by atoms with Crippen LogP contribution in [0, 0.1) is 0 Å². The van der Waals surface area contributed by atoms with Gasteiger partial charge in [-0.1, -0.05) is 28.1 Å². The van der Waals surface area contributed by atoms with Crippen molar-refractivity contribution in [2.75, 3.05) is 14.2 Å². The maximum atomic E-state index is 5.24. The molecule has 0 saturated carbocycles. The van der Waals surface area contributed by atoms with Crippen molar-refractivity contribution in [3.8, 4) is 0 Å². The van der Waals surface area contributed by atoms with Gasteiger partial charge in [0.25, 0.3) is 0 Å². The Bertz CT molecular complexity index is 264. The lowest BCUT2D eigenvalue weighted by Crippen LogP contribution is -2.22. The van der Waals surface area contributed by atoms with Gasteiger partial charge in [0.15, 0.2) is 0 Å². The number of halogens is 1. The first-order chi connectivity index (χ1) is 6.26. The van der Waals surface area contributed by atoms with Crippen LogP contribution in [0.1, 0.15) is 5.56 Å². The van der Waals surface area contributed by atoms with E-state index in [9.17, 15) is 0 Å². The molecule has 0 aliphatic heterocycles. The van der Waals surface area contributed by atoms with Gasteiger partial charge in [-0.25, -0.2) is 0 Å². The van der Waals surface area contributed by atoms with Crippen molar-refractivity contribution in [2.45, 2.75) is 6.04 Å². The van der Waals surface area contributed by atoms with Crippen molar-refractivity contribution in [1.29, 1.82) is 0 Å². The zero-order valence-electron chi connectivity index (χ0n) is 7.79. The van der Waals surface area contributed by atoms with E-state index >= 15 is 0 Å². The van der Waals surface area contributed by atoms with Gasteiger partial charge in [-0.3, -0.25) is 0 Å². The Balaban J connectivity index is 2.62. The fraction of sp³-hybridized carbons (Fsp3) is 0.333. The number of hydrogen-bond acceptors (Lipinski definition) is 2. The minimum Gasteiger partial charge on any atom is -0.400 e. The van der Waals surface area contributed by atoms with E-state index in [0.29, 0.717) is 0 Å². The third-order valence-electron chi connectivity index (χ3n) is 1.82. The van der Waals surface area contributed by atoms with Crippen molar-refractivity contribution >= 4 is 25.2 Å². The highest BCUT2D eigenvalue weighted by molar-refractivity contribution is 9.10. The van der Waals surface area contributed by atoms with E-state index in [-0.39, 0.29) is 0 Å². The van der Waals surface area contributed by atoms with Crippen LogP contribution in [-0.2, 0) is 14.9 Å². The maximum absolute atomic E-state index is 5.24. The Morgan fingerprint density at radius 3 is 2.54 bits per heavy atom. The summed E-state index contributed by atoms with van der Waals surface area (Å²) in [6.07, 6.45) is 0. The summed E-state index contributed by atoms with van der Waals surface area (Å²) in [7, 11) is 1.95. The monoisotopic (exact) mass is 260 g/mol. The first-order valence-electron chi connectivity index (χ1n) is 4.06. The van der Waals surface area contributed by atoms with Crippen molar-refractivity contribution in [2.24, 2.45) is 0 Å². The fourth-order valence-corrected chi connectivity index (χ4v) is 2.73. The van der Waals surface area contributed by atoms with Crippen LogP contribution in [0.25, 0.3) is 0 Å². The van der Waals surface area contributed by atoms with Crippen LogP contribution in [0.15, 0.2) is 28.7 Å². The first-order valence-corrected chi connectivity index (χ1v) is 6.61. The van der Waals surface area contributed by atoms with Crippen LogP contribution in [0.3, 0.4) is 0 Å². The third kappa shape index (κ3) is 3.60. The molecule has 0 amide bonds. The van der Waals surface area contributed by atoms with E-state index in [1.165, 1.54) is 5.56 Å². The van der Waals surface area contributed by atoms with Gasteiger partial charge in [0, 0.05) is 24.7 Å². The van der Waals surface area contributed by atoms with E-state index in [1.54, 1.807) is 14.2 Å². The summed E-state index contributed by atoms with van der Waals surface area (Å²) >= 11 is 3.43. The van der Waals surface area contributed by atoms with Gasteiger partial charge in [-0.05, 0) is 17.7 Å². The molecule has 1 aromatic rings. The quantitative estimate of drug-likeness (QED) is 0.772. The molecule has 0 unspecified atom stereocenters. The Morgan fingerprint density at radius 1 is 1.31 bits per heavy atom. The molecular weight excluding hydrogens is 248 g/mol. The third-order valence-corrected chi connectivity index (χ3v) is 4.17. The summed E-state index contributed by atoms with van der Waals surface area (Å²) in [5.74, 6) is 0. The Morgan fingerprint density at radius 2 is 2.00 bits per heavy atom. The molecule has 0 N–H and O–H groups in total. The molecule has 0 bridgehead atoms. The molecule has 0 aliphatic rings. The van der Waals surface area contributed by atoms with Gasteiger partial charge < -0.3 is 8.85 Å². The molecule has 0 aliphatic carbocycles. The van der Waals surface area contributed by atoms with Crippen molar-refractivity contribution in [1.82, 2.24) is 0 Å². The predicted molar refractivity (Wildman–Crippen MR) is 59.0 cm³/mol. The molecule has 0 aromatic heterocycles. The van der Waals surface area contributed by atoms with Gasteiger partial charge >= 0.3 is 9.28 Å². The summed E-state index contributed by atoms with van der Waals surface area (Å²) in [5.41, 5.74) is 1.26. The lowest BCUT2D eigenvalue weighted by molar-refractivity contribution is 0.277. The van der Waals surface area contributed by atoms with Crippen molar-refractivity contribution in [3.63, 3.8) is 0 Å². The molecule has 1 aromatic carbocycles. The van der Waals surface area contributed by atoms with E-state index < -0.39 is 9.28 Å². The summed E-state index contributed by atoms with van der Waals surface area (Å²) in [5, 5.41) is 0. The topological polar surface area (TPSA) is 18.5 Å². The van der Waals surface area contributed by atoms with Gasteiger partial charge in [0.1, 0.15) is 0 Å². The molecule has 2 nitrogen and oxygen atoms in total. The normalized spacial score (nSPS) is 10.8. The number of benzene rings is 1. The van der Waals surface area contributed by atoms with Crippen LogP contribution < -0.4 is 0 Å². The maximum Gasteiger partial charge on any atom is 0.325 e. The molecule has 0 heterocycles. The van der Waals surface area contributed by atoms with E-state index in [1.807, 2.05) is 12.1 Å². The molecule has 0 fully saturated rings. The van der Waals surface area contributed by atoms with E-state index in [4.69, 9.17) is 8.85 Å². The minimum atomic E-state index is -1.46. The highest BCUT2D eigenvalue weighted by Crippen LogP contribution is 2.12. The number of hydrogen-bond donors (Lipinski definition) is 0. The highest BCUT2D eigenvalue weighted by Gasteiger charge is 2.10. The van der Waals surface area contributed by atoms with E-state index in [0.717, 1.165) is 10.5 Å². The molecule has 0 spiro atoms. The molecule has 1 rings (SSSR count). The minimum absolute atomic E-state index is 0.909. The zero-order chi connectivity index (χ0) is 9.68. The second-order valence-electron chi connectivity index (χ2n) is 2.74. The van der Waals surface area contributed by atoms with Crippen LogP contribution in [0.5, 0.6) is 0 Å². The number of rotatable bonds is 4. The van der Waals surface area contributed by atoms with Gasteiger partial charge in [-0.15, -0.1) is 0 Å². The molecule has 0 radical (unpaired) electrons.